The Labute approximate surface area is 109 Å². The van der Waals surface area contributed by atoms with Gasteiger partial charge in [0.2, 0.25) is 0 Å². The zero-order valence-corrected chi connectivity index (χ0v) is 11.3. The van der Waals surface area contributed by atoms with Crippen molar-refractivity contribution < 1.29 is 4.74 Å². The lowest BCUT2D eigenvalue weighted by Crippen LogP contribution is -2.30. The standard InChI is InChI=1S/C13H21ClN2O/c1-16(9-7-15-8-10-17-2)11-12-5-3-4-6-13(12)14/h3-6,15H,7-11H2,1-2H3. The van der Waals surface area contributed by atoms with Crippen LogP contribution in [0.2, 0.25) is 5.02 Å². The number of benzene rings is 1. The van der Waals surface area contributed by atoms with Gasteiger partial charge in [-0.15, -0.1) is 0 Å². The van der Waals surface area contributed by atoms with Crippen LogP contribution in [0.3, 0.4) is 0 Å². The number of likely N-dealkylation sites (N-methyl/N-ethyl adjacent to an activating group) is 1. The highest BCUT2D eigenvalue weighted by atomic mass is 35.5. The first-order valence-electron chi connectivity index (χ1n) is 5.85. The first-order chi connectivity index (χ1) is 8.24. The van der Waals surface area contributed by atoms with Crippen LogP contribution in [-0.4, -0.2) is 45.3 Å². The molecule has 1 aromatic rings. The number of halogens is 1. The predicted molar refractivity (Wildman–Crippen MR) is 72.5 cm³/mol. The molecule has 1 N–H and O–H groups in total. The number of hydrogen-bond donors (Lipinski definition) is 1. The summed E-state index contributed by atoms with van der Waals surface area (Å²) in [7, 11) is 3.81. The topological polar surface area (TPSA) is 24.5 Å². The Hall–Kier alpha value is -0.610. The van der Waals surface area contributed by atoms with Crippen LogP contribution in [0.15, 0.2) is 24.3 Å². The Morgan fingerprint density at radius 3 is 2.76 bits per heavy atom. The fourth-order valence-electron chi connectivity index (χ4n) is 1.57. The summed E-state index contributed by atoms with van der Waals surface area (Å²) < 4.78 is 4.97. The molecule has 0 aliphatic carbocycles. The molecule has 0 aliphatic heterocycles. The molecule has 1 aromatic carbocycles. The third-order valence-electron chi connectivity index (χ3n) is 2.55. The number of nitrogens with one attached hydrogen (secondary N) is 1. The molecule has 0 unspecified atom stereocenters. The second-order valence-electron chi connectivity index (χ2n) is 4.07. The van der Waals surface area contributed by atoms with Crippen LogP contribution >= 0.6 is 11.6 Å². The van der Waals surface area contributed by atoms with Gasteiger partial charge in [-0.3, -0.25) is 0 Å². The van der Waals surface area contributed by atoms with Gasteiger partial charge in [-0.05, 0) is 18.7 Å². The van der Waals surface area contributed by atoms with E-state index in [0.29, 0.717) is 0 Å². The molecule has 96 valence electrons. The largest absolute Gasteiger partial charge is 0.383 e. The summed E-state index contributed by atoms with van der Waals surface area (Å²) in [4.78, 5) is 2.25. The number of rotatable bonds is 8. The average molecular weight is 257 g/mol. The van der Waals surface area contributed by atoms with Gasteiger partial charge in [0.15, 0.2) is 0 Å². The molecular weight excluding hydrogens is 236 g/mol. The van der Waals surface area contributed by atoms with Crippen LogP contribution in [0.5, 0.6) is 0 Å². The van der Waals surface area contributed by atoms with Gasteiger partial charge in [0.1, 0.15) is 0 Å². The fraction of sp³-hybridized carbons (Fsp3) is 0.538. The van der Waals surface area contributed by atoms with E-state index < -0.39 is 0 Å². The zero-order valence-electron chi connectivity index (χ0n) is 10.6. The molecule has 0 heterocycles. The number of hydrogen-bond acceptors (Lipinski definition) is 3. The third kappa shape index (κ3) is 6.03. The Morgan fingerprint density at radius 2 is 2.06 bits per heavy atom. The van der Waals surface area contributed by atoms with Gasteiger partial charge < -0.3 is 15.0 Å². The average Bonchev–Trinajstić information content (AvgIpc) is 2.32. The van der Waals surface area contributed by atoms with Crippen molar-refractivity contribution in [1.29, 1.82) is 0 Å². The van der Waals surface area contributed by atoms with E-state index in [1.54, 1.807) is 7.11 Å². The van der Waals surface area contributed by atoms with Crippen LogP contribution < -0.4 is 5.32 Å². The van der Waals surface area contributed by atoms with Crippen LogP contribution in [0, 0.1) is 0 Å². The zero-order chi connectivity index (χ0) is 12.5. The van der Waals surface area contributed by atoms with Crippen molar-refractivity contribution in [2.24, 2.45) is 0 Å². The molecule has 0 saturated carbocycles. The van der Waals surface area contributed by atoms with Gasteiger partial charge in [-0.1, -0.05) is 29.8 Å². The lowest BCUT2D eigenvalue weighted by Gasteiger charge is -2.17. The molecular formula is C13H21ClN2O. The van der Waals surface area contributed by atoms with Gasteiger partial charge >= 0.3 is 0 Å². The van der Waals surface area contributed by atoms with Crippen LogP contribution in [0.25, 0.3) is 0 Å². The minimum atomic E-state index is 0.758. The summed E-state index contributed by atoms with van der Waals surface area (Å²) in [5.74, 6) is 0. The molecule has 0 radical (unpaired) electrons. The molecule has 0 fully saturated rings. The van der Waals surface area contributed by atoms with E-state index in [-0.39, 0.29) is 0 Å². The monoisotopic (exact) mass is 256 g/mol. The Bertz CT molecular complexity index is 320. The van der Waals surface area contributed by atoms with Crippen molar-refractivity contribution in [2.75, 3.05) is 40.4 Å². The van der Waals surface area contributed by atoms with Crippen molar-refractivity contribution in [2.45, 2.75) is 6.54 Å². The SMILES string of the molecule is COCCNCCN(C)Cc1ccccc1Cl. The number of ether oxygens (including phenoxy) is 1. The molecule has 1 rings (SSSR count). The molecule has 17 heavy (non-hydrogen) atoms. The summed E-state index contributed by atoms with van der Waals surface area (Å²) in [5.41, 5.74) is 1.17. The van der Waals surface area contributed by atoms with Crippen molar-refractivity contribution in [3.63, 3.8) is 0 Å². The number of methoxy groups -OCH3 is 1. The van der Waals surface area contributed by atoms with Crippen LogP contribution in [-0.2, 0) is 11.3 Å². The van der Waals surface area contributed by atoms with Crippen molar-refractivity contribution in [3.8, 4) is 0 Å². The maximum absolute atomic E-state index is 6.11. The van der Waals surface area contributed by atoms with Crippen molar-refractivity contribution >= 4 is 11.6 Å². The Morgan fingerprint density at radius 1 is 1.29 bits per heavy atom. The minimum absolute atomic E-state index is 0.758. The van der Waals surface area contributed by atoms with Gasteiger partial charge in [0.05, 0.1) is 6.61 Å². The summed E-state index contributed by atoms with van der Waals surface area (Å²) >= 11 is 6.11. The molecule has 0 amide bonds. The summed E-state index contributed by atoms with van der Waals surface area (Å²) in [6.07, 6.45) is 0. The fourth-order valence-corrected chi connectivity index (χ4v) is 1.76. The molecule has 4 heteroatoms. The maximum atomic E-state index is 6.11. The Balaban J connectivity index is 2.21. The molecule has 0 spiro atoms. The quantitative estimate of drug-likeness (QED) is 0.720. The summed E-state index contributed by atoms with van der Waals surface area (Å²) in [6.45, 7) is 4.50. The van der Waals surface area contributed by atoms with Crippen molar-refractivity contribution in [1.82, 2.24) is 10.2 Å². The molecule has 0 aliphatic rings. The second kappa shape index (κ2) is 8.48. The third-order valence-corrected chi connectivity index (χ3v) is 2.92. The predicted octanol–water partition coefficient (Wildman–Crippen LogP) is 2.01. The maximum Gasteiger partial charge on any atom is 0.0587 e. The van der Waals surface area contributed by atoms with E-state index in [4.69, 9.17) is 16.3 Å². The molecule has 0 aromatic heterocycles. The van der Waals surface area contributed by atoms with E-state index in [1.807, 2.05) is 18.2 Å². The van der Waals surface area contributed by atoms with E-state index in [2.05, 4.69) is 23.3 Å². The molecule has 0 saturated heterocycles. The van der Waals surface area contributed by atoms with Crippen molar-refractivity contribution in [3.05, 3.63) is 34.9 Å². The normalized spacial score (nSPS) is 11.1. The van der Waals surface area contributed by atoms with Gasteiger partial charge in [-0.2, -0.15) is 0 Å². The van der Waals surface area contributed by atoms with E-state index >= 15 is 0 Å². The Kier molecular flexibility index (Phi) is 7.21. The van der Waals surface area contributed by atoms with Gasteiger partial charge in [0.25, 0.3) is 0 Å². The summed E-state index contributed by atoms with van der Waals surface area (Å²) in [6, 6.07) is 7.97. The second-order valence-corrected chi connectivity index (χ2v) is 4.48. The first-order valence-corrected chi connectivity index (χ1v) is 6.23. The molecule has 0 atom stereocenters. The highest BCUT2D eigenvalue weighted by Crippen LogP contribution is 2.15. The highest BCUT2D eigenvalue weighted by Gasteiger charge is 2.03. The molecule has 0 bridgehead atoms. The van der Waals surface area contributed by atoms with Crippen LogP contribution in [0.4, 0.5) is 0 Å². The summed E-state index contributed by atoms with van der Waals surface area (Å²) in [5, 5.41) is 4.16. The number of nitrogens with zero attached hydrogens (tertiary/aromatic N) is 1. The van der Waals surface area contributed by atoms with Crippen LogP contribution in [0.1, 0.15) is 5.56 Å². The lowest BCUT2D eigenvalue weighted by atomic mass is 10.2. The van der Waals surface area contributed by atoms with Gasteiger partial charge in [-0.25, -0.2) is 0 Å². The lowest BCUT2D eigenvalue weighted by molar-refractivity contribution is 0.197. The highest BCUT2D eigenvalue weighted by molar-refractivity contribution is 6.31. The first kappa shape index (κ1) is 14.5. The minimum Gasteiger partial charge on any atom is -0.383 e. The van der Waals surface area contributed by atoms with E-state index in [0.717, 1.165) is 37.8 Å². The van der Waals surface area contributed by atoms with E-state index in [1.165, 1.54) is 5.56 Å². The van der Waals surface area contributed by atoms with Gasteiger partial charge in [0, 0.05) is 38.3 Å². The molecule has 3 nitrogen and oxygen atoms in total. The smallest absolute Gasteiger partial charge is 0.0587 e. The van der Waals surface area contributed by atoms with E-state index in [9.17, 15) is 0 Å².